The second-order valence-corrected chi connectivity index (χ2v) is 3.28. The van der Waals surface area contributed by atoms with Crippen LogP contribution in [0, 0.1) is 0 Å². The van der Waals surface area contributed by atoms with Crippen LogP contribution < -0.4 is 0 Å². The normalized spacial score (nSPS) is 13.4. The van der Waals surface area contributed by atoms with E-state index in [1.165, 1.54) is 5.69 Å². The zero-order valence-corrected chi connectivity index (χ0v) is 7.94. The van der Waals surface area contributed by atoms with Crippen molar-refractivity contribution in [3.63, 3.8) is 0 Å². The minimum atomic E-state index is 0.533. The van der Waals surface area contributed by atoms with Crippen LogP contribution in [0.4, 0.5) is 0 Å². The van der Waals surface area contributed by atoms with Gasteiger partial charge in [0.2, 0.25) is 0 Å². The largest absolute Gasteiger partial charge is 0.237 e. The van der Waals surface area contributed by atoms with Crippen molar-refractivity contribution < 1.29 is 0 Å². The predicted octanol–water partition coefficient (Wildman–Crippen LogP) is 2.24. The van der Waals surface area contributed by atoms with Gasteiger partial charge in [-0.1, -0.05) is 13.8 Å². The van der Waals surface area contributed by atoms with Crippen LogP contribution in [0.2, 0.25) is 0 Å². The highest BCUT2D eigenvalue weighted by atomic mass is 15.2. The van der Waals surface area contributed by atoms with Crippen LogP contribution in [0.1, 0.15) is 31.9 Å². The van der Waals surface area contributed by atoms with Gasteiger partial charge in [0.15, 0.2) is 5.65 Å². The second kappa shape index (κ2) is 3.17. The molecule has 0 aliphatic rings. The van der Waals surface area contributed by atoms with Crippen LogP contribution >= 0.6 is 0 Å². The smallest absolute Gasteiger partial charge is 0.155 e. The van der Waals surface area contributed by atoms with E-state index in [1.807, 2.05) is 22.8 Å². The zero-order valence-electron chi connectivity index (χ0n) is 7.94. The molecule has 0 fully saturated rings. The molecule has 13 heavy (non-hydrogen) atoms. The fourth-order valence-corrected chi connectivity index (χ4v) is 1.44. The van der Waals surface area contributed by atoms with Gasteiger partial charge in [0.05, 0.1) is 6.20 Å². The number of nitrogens with zero attached hydrogens (tertiary/aromatic N) is 3. The van der Waals surface area contributed by atoms with Crippen molar-refractivity contribution in [2.24, 2.45) is 0 Å². The third-order valence-electron chi connectivity index (χ3n) is 2.44. The summed E-state index contributed by atoms with van der Waals surface area (Å²) in [5.74, 6) is 0.533. The van der Waals surface area contributed by atoms with E-state index in [0.717, 1.165) is 12.1 Å². The Morgan fingerprint density at radius 2 is 2.23 bits per heavy atom. The molecule has 0 aliphatic carbocycles. The molecular weight excluding hydrogens is 162 g/mol. The monoisotopic (exact) mass is 175 g/mol. The Morgan fingerprint density at radius 1 is 1.38 bits per heavy atom. The summed E-state index contributed by atoms with van der Waals surface area (Å²) in [7, 11) is 0. The first-order valence-electron chi connectivity index (χ1n) is 4.61. The lowest BCUT2D eigenvalue weighted by atomic mass is 10.1. The van der Waals surface area contributed by atoms with Crippen LogP contribution in [0.5, 0.6) is 0 Å². The molecule has 0 radical (unpaired) electrons. The predicted molar refractivity (Wildman–Crippen MR) is 51.7 cm³/mol. The summed E-state index contributed by atoms with van der Waals surface area (Å²) in [5, 5.41) is 4.24. The number of hydrogen-bond donors (Lipinski definition) is 0. The topological polar surface area (TPSA) is 30.2 Å². The van der Waals surface area contributed by atoms with Crippen molar-refractivity contribution in [3.8, 4) is 0 Å². The molecule has 0 aromatic carbocycles. The minimum absolute atomic E-state index is 0.533. The molecule has 3 nitrogen and oxygen atoms in total. The van der Waals surface area contributed by atoms with Crippen molar-refractivity contribution in [1.82, 2.24) is 14.6 Å². The van der Waals surface area contributed by atoms with E-state index in [1.54, 1.807) is 6.20 Å². The fourth-order valence-electron chi connectivity index (χ4n) is 1.44. The van der Waals surface area contributed by atoms with E-state index >= 15 is 0 Å². The Bertz CT molecular complexity index is 405. The first-order valence-corrected chi connectivity index (χ1v) is 4.61. The molecule has 0 aliphatic heterocycles. The standard InChI is InChI=1S/C10H13N3/c1-3-8(2)9-4-6-11-10-5-7-12-13(9)10/h4-8H,3H2,1-2H3. The number of fused-ring (bicyclic) bond motifs is 1. The molecule has 2 heterocycles. The lowest BCUT2D eigenvalue weighted by Crippen LogP contribution is -2.02. The summed E-state index contributed by atoms with van der Waals surface area (Å²) >= 11 is 0. The maximum atomic E-state index is 4.24. The van der Waals surface area contributed by atoms with Gasteiger partial charge in [-0.3, -0.25) is 0 Å². The first kappa shape index (κ1) is 8.23. The number of aromatic nitrogens is 3. The summed E-state index contributed by atoms with van der Waals surface area (Å²) in [6.07, 6.45) is 4.76. The summed E-state index contributed by atoms with van der Waals surface area (Å²) in [5.41, 5.74) is 2.16. The van der Waals surface area contributed by atoms with Gasteiger partial charge >= 0.3 is 0 Å². The molecule has 1 atom stereocenters. The molecule has 2 aromatic heterocycles. The summed E-state index contributed by atoms with van der Waals surface area (Å²) < 4.78 is 1.91. The second-order valence-electron chi connectivity index (χ2n) is 3.28. The van der Waals surface area contributed by atoms with Crippen molar-refractivity contribution in [2.45, 2.75) is 26.2 Å². The molecule has 0 N–H and O–H groups in total. The van der Waals surface area contributed by atoms with Gasteiger partial charge in [-0.15, -0.1) is 0 Å². The lowest BCUT2D eigenvalue weighted by molar-refractivity contribution is 0.671. The molecule has 2 aromatic rings. The molecule has 2 rings (SSSR count). The summed E-state index contributed by atoms with van der Waals surface area (Å²) in [6.45, 7) is 4.39. The van der Waals surface area contributed by atoms with Gasteiger partial charge in [-0.2, -0.15) is 5.10 Å². The average Bonchev–Trinajstić information content (AvgIpc) is 2.63. The molecule has 68 valence electrons. The number of hydrogen-bond acceptors (Lipinski definition) is 2. The van der Waals surface area contributed by atoms with Crippen molar-refractivity contribution in [2.75, 3.05) is 0 Å². The van der Waals surface area contributed by atoms with Crippen LogP contribution in [0.3, 0.4) is 0 Å². The lowest BCUT2D eigenvalue weighted by Gasteiger charge is -2.09. The van der Waals surface area contributed by atoms with Gasteiger partial charge in [0, 0.05) is 18.0 Å². The Morgan fingerprint density at radius 3 is 3.00 bits per heavy atom. The molecule has 0 amide bonds. The van der Waals surface area contributed by atoms with Gasteiger partial charge in [0.25, 0.3) is 0 Å². The van der Waals surface area contributed by atoms with Crippen molar-refractivity contribution in [3.05, 3.63) is 30.2 Å². The van der Waals surface area contributed by atoms with E-state index in [-0.39, 0.29) is 0 Å². The van der Waals surface area contributed by atoms with Crippen LogP contribution in [-0.4, -0.2) is 14.6 Å². The van der Waals surface area contributed by atoms with E-state index in [9.17, 15) is 0 Å². The van der Waals surface area contributed by atoms with Gasteiger partial charge in [0.1, 0.15) is 0 Å². The Hall–Kier alpha value is -1.38. The zero-order chi connectivity index (χ0) is 9.26. The molecule has 0 saturated carbocycles. The van der Waals surface area contributed by atoms with E-state index < -0.39 is 0 Å². The third kappa shape index (κ3) is 1.30. The van der Waals surface area contributed by atoms with Crippen molar-refractivity contribution >= 4 is 5.65 Å². The summed E-state index contributed by atoms with van der Waals surface area (Å²) in [6, 6.07) is 3.96. The molecule has 0 spiro atoms. The van der Waals surface area contributed by atoms with Gasteiger partial charge in [-0.25, -0.2) is 9.50 Å². The van der Waals surface area contributed by atoms with Crippen molar-refractivity contribution in [1.29, 1.82) is 0 Å². The van der Waals surface area contributed by atoms with E-state index in [0.29, 0.717) is 5.92 Å². The highest BCUT2D eigenvalue weighted by Crippen LogP contribution is 2.17. The highest BCUT2D eigenvalue weighted by Gasteiger charge is 2.07. The quantitative estimate of drug-likeness (QED) is 0.700. The Balaban J connectivity index is 2.60. The summed E-state index contributed by atoms with van der Waals surface area (Å²) in [4.78, 5) is 4.22. The van der Waals surface area contributed by atoms with Crippen LogP contribution in [0.25, 0.3) is 5.65 Å². The molecule has 0 saturated heterocycles. The molecule has 1 unspecified atom stereocenters. The average molecular weight is 175 g/mol. The van der Waals surface area contributed by atoms with Gasteiger partial charge in [-0.05, 0) is 18.4 Å². The molecule has 0 bridgehead atoms. The minimum Gasteiger partial charge on any atom is -0.237 e. The maximum absolute atomic E-state index is 4.24. The maximum Gasteiger partial charge on any atom is 0.155 e. The Kier molecular flexibility index (Phi) is 2.00. The molecule has 3 heteroatoms. The SMILES string of the molecule is CCC(C)c1ccnc2ccnn12. The third-order valence-corrected chi connectivity index (χ3v) is 2.44. The number of rotatable bonds is 2. The fraction of sp³-hybridized carbons (Fsp3) is 0.400. The van der Waals surface area contributed by atoms with Gasteiger partial charge < -0.3 is 0 Å². The van der Waals surface area contributed by atoms with Crippen LogP contribution in [-0.2, 0) is 0 Å². The van der Waals surface area contributed by atoms with Crippen LogP contribution in [0.15, 0.2) is 24.5 Å². The Labute approximate surface area is 77.4 Å². The van der Waals surface area contributed by atoms with E-state index in [4.69, 9.17) is 0 Å². The molecular formula is C10H13N3. The van der Waals surface area contributed by atoms with E-state index in [2.05, 4.69) is 23.9 Å². The highest BCUT2D eigenvalue weighted by molar-refractivity contribution is 5.37. The first-order chi connectivity index (χ1) is 6.33.